The average Bonchev–Trinajstić information content (AvgIpc) is 3.06. The van der Waals surface area contributed by atoms with Crippen molar-refractivity contribution < 1.29 is 13.9 Å². The van der Waals surface area contributed by atoms with Crippen LogP contribution in [-0.4, -0.2) is 15.4 Å². The average molecular weight is 368 g/mol. The van der Waals surface area contributed by atoms with Gasteiger partial charge >= 0.3 is 5.97 Å². The first kappa shape index (κ1) is 16.4. The fourth-order valence-electron chi connectivity index (χ4n) is 2.72. The molecular weight excluding hydrogens is 355 g/mol. The first-order valence-electron chi connectivity index (χ1n) is 7.86. The second-order valence-electron chi connectivity index (χ2n) is 5.81. The van der Waals surface area contributed by atoms with Gasteiger partial charge in [0.05, 0.1) is 5.69 Å². The number of aryl methyl sites for hydroxylation is 1. The Morgan fingerprint density at radius 1 is 1.27 bits per heavy atom. The summed E-state index contributed by atoms with van der Waals surface area (Å²) in [5, 5.41) is 0.391. The summed E-state index contributed by atoms with van der Waals surface area (Å²) in [6.45, 7) is 1.72. The molecule has 3 aromatic heterocycles. The van der Waals surface area contributed by atoms with Gasteiger partial charge in [0.25, 0.3) is 5.56 Å². The van der Waals surface area contributed by atoms with Crippen LogP contribution in [0.3, 0.4) is 0 Å². The Kier molecular flexibility index (Phi) is 4.00. The number of carbonyl (C=O) groups is 1. The number of rotatable bonds is 3. The van der Waals surface area contributed by atoms with Gasteiger partial charge in [-0.3, -0.25) is 9.20 Å². The fraction of sp³-hybridized carbons (Fsp3) is 0.105. The topological polar surface area (TPSA) is 60.7 Å². The number of pyridine rings is 1. The van der Waals surface area contributed by atoms with E-state index in [2.05, 4.69) is 4.98 Å². The monoisotopic (exact) mass is 368 g/mol. The van der Waals surface area contributed by atoms with Crippen molar-refractivity contribution in [1.82, 2.24) is 9.38 Å². The van der Waals surface area contributed by atoms with E-state index in [1.165, 1.54) is 22.6 Å². The summed E-state index contributed by atoms with van der Waals surface area (Å²) in [4.78, 5) is 29.1. The molecular formula is C19H13FN2O3S. The molecule has 26 heavy (non-hydrogen) atoms. The van der Waals surface area contributed by atoms with Crippen molar-refractivity contribution in [3.63, 3.8) is 0 Å². The van der Waals surface area contributed by atoms with Gasteiger partial charge in [0.15, 0.2) is 0 Å². The highest BCUT2D eigenvalue weighted by Crippen LogP contribution is 2.28. The van der Waals surface area contributed by atoms with Crippen LogP contribution in [0.5, 0.6) is 0 Å². The van der Waals surface area contributed by atoms with Crippen molar-refractivity contribution in [2.75, 3.05) is 0 Å². The minimum absolute atomic E-state index is 0.129. The van der Waals surface area contributed by atoms with Crippen molar-refractivity contribution in [3.8, 4) is 0 Å². The lowest BCUT2D eigenvalue weighted by atomic mass is 10.2. The highest BCUT2D eigenvalue weighted by atomic mass is 32.1. The van der Waals surface area contributed by atoms with Crippen LogP contribution in [0.15, 0.2) is 53.5 Å². The first-order chi connectivity index (χ1) is 12.5. The molecule has 4 aromatic rings. The number of hydrogen-bond donors (Lipinski definition) is 0. The number of halogens is 1. The number of fused-ring (bicyclic) bond motifs is 2. The summed E-state index contributed by atoms with van der Waals surface area (Å²) < 4.78 is 21.1. The van der Waals surface area contributed by atoms with Gasteiger partial charge in [-0.15, -0.1) is 11.3 Å². The molecule has 0 unspecified atom stereocenters. The molecule has 0 saturated heterocycles. The predicted molar refractivity (Wildman–Crippen MR) is 97.1 cm³/mol. The van der Waals surface area contributed by atoms with E-state index in [0.717, 1.165) is 16.9 Å². The Morgan fingerprint density at radius 3 is 2.92 bits per heavy atom. The highest BCUT2D eigenvalue weighted by molar-refractivity contribution is 7.20. The zero-order valence-electron chi connectivity index (χ0n) is 13.7. The minimum atomic E-state index is -0.572. The Labute approximate surface area is 151 Å². The fourth-order valence-corrected chi connectivity index (χ4v) is 3.69. The van der Waals surface area contributed by atoms with Gasteiger partial charge in [-0.1, -0.05) is 12.1 Å². The standard InChI is InChI=1S/C19H13FN2O3S/c1-11-4-3-7-22-17(23)8-12(21-18(11)22)10-25-19(24)16-9-13-14(20)5-2-6-15(13)26-16/h2-9H,10H2,1H3. The van der Waals surface area contributed by atoms with Crippen molar-refractivity contribution >= 4 is 33.0 Å². The second kappa shape index (κ2) is 6.34. The van der Waals surface area contributed by atoms with E-state index in [9.17, 15) is 14.0 Å². The normalized spacial score (nSPS) is 11.2. The number of ether oxygens (including phenoxy) is 1. The Balaban J connectivity index is 1.59. The van der Waals surface area contributed by atoms with Crippen LogP contribution in [-0.2, 0) is 11.3 Å². The summed E-state index contributed by atoms with van der Waals surface area (Å²) in [7, 11) is 0. The summed E-state index contributed by atoms with van der Waals surface area (Å²) >= 11 is 1.16. The molecule has 3 heterocycles. The van der Waals surface area contributed by atoms with Crippen molar-refractivity contribution in [2.24, 2.45) is 0 Å². The maximum atomic E-state index is 13.8. The molecule has 0 N–H and O–H groups in total. The Bertz CT molecular complexity index is 1210. The Hall–Kier alpha value is -3.06. The number of hydrogen-bond acceptors (Lipinski definition) is 5. The highest BCUT2D eigenvalue weighted by Gasteiger charge is 2.14. The first-order valence-corrected chi connectivity index (χ1v) is 8.68. The van der Waals surface area contributed by atoms with Gasteiger partial charge in [0, 0.05) is 22.3 Å². The maximum absolute atomic E-state index is 13.8. The van der Waals surface area contributed by atoms with Crippen molar-refractivity contribution in [1.29, 1.82) is 0 Å². The van der Waals surface area contributed by atoms with Crippen LogP contribution in [0, 0.1) is 12.7 Å². The zero-order chi connectivity index (χ0) is 18.3. The maximum Gasteiger partial charge on any atom is 0.348 e. The lowest BCUT2D eigenvalue weighted by Crippen LogP contribution is -2.17. The molecule has 0 fully saturated rings. The van der Waals surface area contributed by atoms with Crippen molar-refractivity contribution in [2.45, 2.75) is 13.5 Å². The van der Waals surface area contributed by atoms with Crippen LogP contribution >= 0.6 is 11.3 Å². The van der Waals surface area contributed by atoms with E-state index in [1.807, 2.05) is 13.0 Å². The number of thiophene rings is 1. The lowest BCUT2D eigenvalue weighted by Gasteiger charge is -2.06. The number of benzene rings is 1. The quantitative estimate of drug-likeness (QED) is 0.517. The molecule has 0 aliphatic rings. The SMILES string of the molecule is Cc1cccn2c(=O)cc(COC(=O)c3cc4c(F)cccc4s3)nc12. The van der Waals surface area contributed by atoms with Gasteiger partial charge in [0.2, 0.25) is 0 Å². The summed E-state index contributed by atoms with van der Waals surface area (Å²) in [5.74, 6) is -0.949. The predicted octanol–water partition coefficient (Wildman–Crippen LogP) is 3.71. The molecule has 7 heteroatoms. The second-order valence-corrected chi connectivity index (χ2v) is 6.89. The summed E-state index contributed by atoms with van der Waals surface area (Å²) in [5.41, 5.74) is 1.49. The third-order valence-electron chi connectivity index (χ3n) is 4.00. The van der Waals surface area contributed by atoms with Gasteiger partial charge < -0.3 is 4.74 Å². The molecule has 130 valence electrons. The van der Waals surface area contributed by atoms with Crippen LogP contribution in [0.25, 0.3) is 15.7 Å². The molecule has 0 aliphatic heterocycles. The number of nitrogens with zero attached hydrogens (tertiary/aromatic N) is 2. The van der Waals surface area contributed by atoms with Gasteiger partial charge in [-0.25, -0.2) is 14.2 Å². The molecule has 0 saturated carbocycles. The third kappa shape index (κ3) is 2.86. The molecule has 0 spiro atoms. The van der Waals surface area contributed by atoms with Crippen LogP contribution in [0.1, 0.15) is 20.9 Å². The molecule has 0 amide bonds. The number of esters is 1. The van der Waals surface area contributed by atoms with E-state index < -0.39 is 5.97 Å². The van der Waals surface area contributed by atoms with Crippen LogP contribution in [0.2, 0.25) is 0 Å². The van der Waals surface area contributed by atoms with E-state index in [-0.39, 0.29) is 18.0 Å². The molecule has 1 aromatic carbocycles. The Morgan fingerprint density at radius 2 is 2.12 bits per heavy atom. The third-order valence-corrected chi connectivity index (χ3v) is 5.08. The zero-order valence-corrected chi connectivity index (χ0v) is 14.5. The van der Waals surface area contributed by atoms with Crippen molar-refractivity contribution in [3.05, 3.63) is 81.0 Å². The largest absolute Gasteiger partial charge is 0.455 e. The minimum Gasteiger partial charge on any atom is -0.455 e. The smallest absolute Gasteiger partial charge is 0.348 e. The van der Waals surface area contributed by atoms with E-state index in [4.69, 9.17) is 4.74 Å². The van der Waals surface area contributed by atoms with E-state index in [1.54, 1.807) is 24.4 Å². The van der Waals surface area contributed by atoms with Gasteiger partial charge in [-0.05, 0) is 36.8 Å². The molecule has 0 atom stereocenters. The summed E-state index contributed by atoms with van der Waals surface area (Å²) in [6, 6.07) is 11.1. The number of carbonyl (C=O) groups excluding carboxylic acids is 1. The lowest BCUT2D eigenvalue weighted by molar-refractivity contribution is 0.0473. The van der Waals surface area contributed by atoms with Gasteiger partial charge in [0.1, 0.15) is 22.9 Å². The molecule has 4 rings (SSSR count). The molecule has 0 aliphatic carbocycles. The van der Waals surface area contributed by atoms with Gasteiger partial charge in [-0.2, -0.15) is 0 Å². The van der Waals surface area contributed by atoms with Crippen LogP contribution in [0.4, 0.5) is 4.39 Å². The van der Waals surface area contributed by atoms with Crippen LogP contribution < -0.4 is 5.56 Å². The molecule has 0 bridgehead atoms. The molecule has 0 radical (unpaired) electrons. The van der Waals surface area contributed by atoms with E-state index >= 15 is 0 Å². The molecule has 5 nitrogen and oxygen atoms in total. The van der Waals surface area contributed by atoms with E-state index in [0.29, 0.717) is 26.3 Å². The number of aromatic nitrogens is 2. The summed E-state index contributed by atoms with van der Waals surface area (Å²) in [6.07, 6.45) is 1.64.